The minimum absolute atomic E-state index is 0.125. The zero-order chi connectivity index (χ0) is 9.84. The van der Waals surface area contributed by atoms with E-state index in [0.717, 1.165) is 12.0 Å². The van der Waals surface area contributed by atoms with E-state index in [2.05, 4.69) is 6.58 Å². The summed E-state index contributed by atoms with van der Waals surface area (Å²) < 4.78 is 0. The summed E-state index contributed by atoms with van der Waals surface area (Å²) in [5.74, 6) is -0.125. The minimum atomic E-state index is -0.125. The summed E-state index contributed by atoms with van der Waals surface area (Å²) in [5, 5.41) is 0.488. The van der Waals surface area contributed by atoms with Crippen molar-refractivity contribution in [3.63, 3.8) is 0 Å². The Kier molecular flexibility index (Phi) is 3.26. The first kappa shape index (κ1) is 10.0. The van der Waals surface area contributed by atoms with E-state index in [1.807, 2.05) is 19.1 Å². The quantitative estimate of drug-likeness (QED) is 0.533. The van der Waals surface area contributed by atoms with Crippen LogP contribution in [0.15, 0.2) is 30.9 Å². The van der Waals surface area contributed by atoms with Crippen LogP contribution in [0, 0.1) is 0 Å². The molecule has 1 nitrogen and oxygen atoms in total. The molecule has 0 atom stereocenters. The van der Waals surface area contributed by atoms with Crippen molar-refractivity contribution in [2.24, 2.45) is 0 Å². The molecule has 13 heavy (non-hydrogen) atoms. The third-order valence-corrected chi connectivity index (χ3v) is 2.22. The maximum Gasteiger partial charge on any atom is 0.186 e. The highest BCUT2D eigenvalue weighted by Crippen LogP contribution is 2.18. The first-order valence-electron chi connectivity index (χ1n) is 4.14. The second-order valence-corrected chi connectivity index (χ2v) is 3.14. The standard InChI is InChI=1S/C11H11ClO/c1-3-8-5-6-10(12)9(7-8)11(13)4-2/h4-7H,2-3H2,1H3. The van der Waals surface area contributed by atoms with Gasteiger partial charge in [0.1, 0.15) is 0 Å². The predicted molar refractivity (Wildman–Crippen MR) is 55.4 cm³/mol. The van der Waals surface area contributed by atoms with Gasteiger partial charge in [0.15, 0.2) is 5.78 Å². The lowest BCUT2D eigenvalue weighted by Crippen LogP contribution is -1.96. The largest absolute Gasteiger partial charge is 0.289 e. The highest BCUT2D eigenvalue weighted by Gasteiger charge is 2.06. The topological polar surface area (TPSA) is 17.1 Å². The van der Waals surface area contributed by atoms with E-state index in [1.165, 1.54) is 6.08 Å². The summed E-state index contributed by atoms with van der Waals surface area (Å²) in [6.07, 6.45) is 2.18. The van der Waals surface area contributed by atoms with Gasteiger partial charge in [-0.25, -0.2) is 0 Å². The summed E-state index contributed by atoms with van der Waals surface area (Å²) in [6, 6.07) is 5.48. The van der Waals surface area contributed by atoms with Crippen molar-refractivity contribution in [3.05, 3.63) is 47.0 Å². The van der Waals surface area contributed by atoms with Crippen LogP contribution < -0.4 is 0 Å². The van der Waals surface area contributed by atoms with E-state index in [9.17, 15) is 4.79 Å². The fourth-order valence-electron chi connectivity index (χ4n) is 1.09. The van der Waals surface area contributed by atoms with Gasteiger partial charge in [-0.15, -0.1) is 0 Å². The first-order chi connectivity index (χ1) is 6.19. The summed E-state index contributed by atoms with van der Waals surface area (Å²) in [6.45, 7) is 5.46. The molecule has 1 aromatic carbocycles. The van der Waals surface area contributed by atoms with Crippen LogP contribution in [0.2, 0.25) is 5.02 Å². The van der Waals surface area contributed by atoms with Gasteiger partial charge < -0.3 is 0 Å². The molecule has 0 fully saturated rings. The molecule has 68 valence electrons. The van der Waals surface area contributed by atoms with Gasteiger partial charge >= 0.3 is 0 Å². The number of ketones is 1. The van der Waals surface area contributed by atoms with Crippen LogP contribution in [0.4, 0.5) is 0 Å². The molecule has 1 rings (SSSR count). The predicted octanol–water partition coefficient (Wildman–Crippen LogP) is 3.27. The number of hydrogen-bond donors (Lipinski definition) is 0. The number of carbonyl (C=O) groups is 1. The molecule has 0 amide bonds. The van der Waals surface area contributed by atoms with Crippen LogP contribution in [-0.4, -0.2) is 5.78 Å². The van der Waals surface area contributed by atoms with E-state index in [0.29, 0.717) is 10.6 Å². The van der Waals surface area contributed by atoms with E-state index >= 15 is 0 Å². The number of carbonyl (C=O) groups excluding carboxylic acids is 1. The molecule has 0 saturated carbocycles. The maximum atomic E-state index is 11.3. The maximum absolute atomic E-state index is 11.3. The Labute approximate surface area is 83.0 Å². The number of benzene rings is 1. The zero-order valence-corrected chi connectivity index (χ0v) is 8.27. The smallest absolute Gasteiger partial charge is 0.186 e. The van der Waals surface area contributed by atoms with Crippen LogP contribution in [0.25, 0.3) is 0 Å². The van der Waals surface area contributed by atoms with Crippen LogP contribution >= 0.6 is 11.6 Å². The van der Waals surface area contributed by atoms with Crippen LogP contribution in [0.1, 0.15) is 22.8 Å². The van der Waals surface area contributed by atoms with E-state index in [1.54, 1.807) is 6.07 Å². The molecule has 0 aromatic heterocycles. The molecule has 0 saturated heterocycles. The van der Waals surface area contributed by atoms with Crippen molar-refractivity contribution in [3.8, 4) is 0 Å². The highest BCUT2D eigenvalue weighted by atomic mass is 35.5. The Hall–Kier alpha value is -1.08. The van der Waals surface area contributed by atoms with Gasteiger partial charge in [-0.05, 0) is 30.2 Å². The lowest BCUT2D eigenvalue weighted by molar-refractivity contribution is 0.104. The number of aryl methyl sites for hydroxylation is 1. The fourth-order valence-corrected chi connectivity index (χ4v) is 1.30. The van der Waals surface area contributed by atoms with Gasteiger partial charge in [0.25, 0.3) is 0 Å². The number of hydrogen-bond acceptors (Lipinski definition) is 1. The van der Waals surface area contributed by atoms with Crippen molar-refractivity contribution in [2.75, 3.05) is 0 Å². The number of halogens is 1. The van der Waals surface area contributed by atoms with E-state index in [4.69, 9.17) is 11.6 Å². The molecule has 0 bridgehead atoms. The van der Waals surface area contributed by atoms with Crippen LogP contribution in [0.5, 0.6) is 0 Å². The Morgan fingerprint density at radius 1 is 1.62 bits per heavy atom. The lowest BCUT2D eigenvalue weighted by atomic mass is 10.1. The van der Waals surface area contributed by atoms with Crippen LogP contribution in [-0.2, 0) is 6.42 Å². The molecular formula is C11H11ClO. The SMILES string of the molecule is C=CC(=O)c1cc(CC)ccc1Cl. The lowest BCUT2D eigenvalue weighted by Gasteiger charge is -2.02. The third-order valence-electron chi connectivity index (χ3n) is 1.89. The van der Waals surface area contributed by atoms with Gasteiger partial charge in [-0.1, -0.05) is 31.2 Å². The Bertz CT molecular complexity index is 342. The summed E-state index contributed by atoms with van der Waals surface area (Å²) in [7, 11) is 0. The molecule has 1 aromatic rings. The summed E-state index contributed by atoms with van der Waals surface area (Å²) in [5.41, 5.74) is 1.64. The van der Waals surface area contributed by atoms with Gasteiger partial charge in [-0.2, -0.15) is 0 Å². The Balaban J connectivity index is 3.18. The first-order valence-corrected chi connectivity index (χ1v) is 4.52. The van der Waals surface area contributed by atoms with Crippen molar-refractivity contribution in [1.29, 1.82) is 0 Å². The average molecular weight is 195 g/mol. The Morgan fingerprint density at radius 3 is 2.85 bits per heavy atom. The molecule has 0 N–H and O–H groups in total. The highest BCUT2D eigenvalue weighted by molar-refractivity contribution is 6.34. The second kappa shape index (κ2) is 4.24. The molecule has 0 radical (unpaired) electrons. The van der Waals surface area contributed by atoms with Crippen LogP contribution in [0.3, 0.4) is 0 Å². The molecule has 0 aliphatic rings. The molecule has 2 heteroatoms. The number of rotatable bonds is 3. The number of allylic oxidation sites excluding steroid dienone is 1. The summed E-state index contributed by atoms with van der Waals surface area (Å²) in [4.78, 5) is 11.3. The van der Waals surface area contributed by atoms with Gasteiger partial charge in [0.05, 0.1) is 5.02 Å². The monoisotopic (exact) mass is 194 g/mol. The van der Waals surface area contributed by atoms with Gasteiger partial charge in [0, 0.05) is 5.56 Å². The minimum Gasteiger partial charge on any atom is -0.289 e. The van der Waals surface area contributed by atoms with Crippen molar-refractivity contribution in [2.45, 2.75) is 13.3 Å². The second-order valence-electron chi connectivity index (χ2n) is 2.74. The Morgan fingerprint density at radius 2 is 2.31 bits per heavy atom. The average Bonchev–Trinajstić information content (AvgIpc) is 2.17. The van der Waals surface area contributed by atoms with E-state index < -0.39 is 0 Å². The van der Waals surface area contributed by atoms with Gasteiger partial charge in [0.2, 0.25) is 0 Å². The van der Waals surface area contributed by atoms with Gasteiger partial charge in [-0.3, -0.25) is 4.79 Å². The molecule has 0 spiro atoms. The molecule has 0 heterocycles. The fraction of sp³-hybridized carbons (Fsp3) is 0.182. The van der Waals surface area contributed by atoms with Crippen molar-refractivity contribution < 1.29 is 4.79 Å². The summed E-state index contributed by atoms with van der Waals surface area (Å²) >= 11 is 5.86. The van der Waals surface area contributed by atoms with Crippen molar-refractivity contribution in [1.82, 2.24) is 0 Å². The zero-order valence-electron chi connectivity index (χ0n) is 7.51. The third kappa shape index (κ3) is 2.19. The molecule has 0 aliphatic heterocycles. The molecule has 0 aliphatic carbocycles. The molecular weight excluding hydrogens is 184 g/mol. The normalized spacial score (nSPS) is 9.69. The van der Waals surface area contributed by atoms with Crippen molar-refractivity contribution >= 4 is 17.4 Å². The van der Waals surface area contributed by atoms with E-state index in [-0.39, 0.29) is 5.78 Å². The molecule has 0 unspecified atom stereocenters.